The lowest BCUT2D eigenvalue weighted by Gasteiger charge is -2.09. The van der Waals surface area contributed by atoms with Crippen LogP contribution < -0.4 is 10.1 Å². The van der Waals surface area contributed by atoms with Crippen molar-refractivity contribution in [3.05, 3.63) is 93.7 Å². The average molecular weight is 387 g/mol. The number of carbonyl (C=O) groups is 1. The summed E-state index contributed by atoms with van der Waals surface area (Å²) in [7, 11) is 0. The molecule has 132 valence electrons. The van der Waals surface area contributed by atoms with Crippen molar-refractivity contribution in [2.45, 2.75) is 13.2 Å². The highest BCUT2D eigenvalue weighted by atomic mass is 35.5. The fourth-order valence-corrected chi connectivity index (χ4v) is 2.70. The van der Waals surface area contributed by atoms with Gasteiger partial charge in [0.15, 0.2) is 0 Å². The van der Waals surface area contributed by atoms with Crippen LogP contribution in [0.4, 0.5) is 0 Å². The monoisotopic (exact) mass is 386 g/mol. The van der Waals surface area contributed by atoms with Crippen LogP contribution in [0.1, 0.15) is 21.5 Å². The van der Waals surface area contributed by atoms with Crippen LogP contribution in [0.5, 0.6) is 5.75 Å². The largest absolute Gasteiger partial charge is 0.489 e. The molecule has 26 heavy (non-hydrogen) atoms. The predicted octanol–water partition coefficient (Wildman–Crippen LogP) is 4.90. The van der Waals surface area contributed by atoms with Gasteiger partial charge >= 0.3 is 0 Å². The maximum atomic E-state index is 12.2. The highest BCUT2D eigenvalue weighted by molar-refractivity contribution is 6.43. The normalized spacial score (nSPS) is 10.4. The van der Waals surface area contributed by atoms with Gasteiger partial charge in [-0.25, -0.2) is 0 Å². The van der Waals surface area contributed by atoms with E-state index in [9.17, 15) is 4.79 Å². The zero-order chi connectivity index (χ0) is 18.4. The van der Waals surface area contributed by atoms with Crippen LogP contribution in [0, 0.1) is 0 Å². The smallest absolute Gasteiger partial charge is 0.253 e. The number of carbonyl (C=O) groups excluding carboxylic acids is 1. The van der Waals surface area contributed by atoms with Crippen LogP contribution >= 0.6 is 23.2 Å². The first-order chi connectivity index (χ1) is 12.6. The first-order valence-corrected chi connectivity index (χ1v) is 8.72. The third-order valence-electron chi connectivity index (χ3n) is 3.70. The maximum absolute atomic E-state index is 12.2. The number of ether oxygens (including phenoxy) is 1. The lowest BCUT2D eigenvalue weighted by atomic mass is 10.2. The van der Waals surface area contributed by atoms with Crippen molar-refractivity contribution >= 4 is 29.1 Å². The maximum Gasteiger partial charge on any atom is 0.253 e. The van der Waals surface area contributed by atoms with E-state index in [2.05, 4.69) is 10.3 Å². The van der Waals surface area contributed by atoms with Crippen LogP contribution in [0.3, 0.4) is 0 Å². The molecule has 3 rings (SSSR count). The second kappa shape index (κ2) is 8.70. The first kappa shape index (κ1) is 18.2. The molecule has 6 heteroatoms. The van der Waals surface area contributed by atoms with E-state index in [-0.39, 0.29) is 10.9 Å². The Balaban J connectivity index is 1.54. The minimum absolute atomic E-state index is 0.255. The Bertz CT molecular complexity index is 884. The van der Waals surface area contributed by atoms with E-state index in [1.807, 2.05) is 36.4 Å². The van der Waals surface area contributed by atoms with Crippen molar-refractivity contribution in [3.8, 4) is 5.75 Å². The van der Waals surface area contributed by atoms with Gasteiger partial charge in [0.25, 0.3) is 5.91 Å². The number of halogens is 2. The number of benzene rings is 2. The third-order valence-corrected chi connectivity index (χ3v) is 4.52. The highest BCUT2D eigenvalue weighted by Gasteiger charge is 2.12. The number of hydrogen-bond acceptors (Lipinski definition) is 3. The number of nitrogens with one attached hydrogen (secondary N) is 1. The molecule has 1 N–H and O–H groups in total. The Hall–Kier alpha value is -2.56. The SMILES string of the molecule is O=C(NCc1ccc(OCc2cccnc2)cc1)c1cccc(Cl)c1Cl. The van der Waals surface area contributed by atoms with Crippen LogP contribution in [0.2, 0.25) is 10.0 Å². The Morgan fingerprint density at radius 1 is 1.00 bits per heavy atom. The van der Waals surface area contributed by atoms with Gasteiger partial charge < -0.3 is 10.1 Å². The molecule has 0 atom stereocenters. The van der Waals surface area contributed by atoms with E-state index >= 15 is 0 Å². The summed E-state index contributed by atoms with van der Waals surface area (Å²) >= 11 is 12.0. The van der Waals surface area contributed by atoms with E-state index in [0.29, 0.717) is 23.7 Å². The van der Waals surface area contributed by atoms with Gasteiger partial charge in [0.1, 0.15) is 12.4 Å². The zero-order valence-corrected chi connectivity index (χ0v) is 15.3. The molecule has 0 bridgehead atoms. The van der Waals surface area contributed by atoms with E-state index in [4.69, 9.17) is 27.9 Å². The zero-order valence-electron chi connectivity index (χ0n) is 13.8. The number of aromatic nitrogens is 1. The van der Waals surface area contributed by atoms with E-state index in [1.165, 1.54) is 0 Å². The van der Waals surface area contributed by atoms with Gasteiger partial charge in [-0.1, -0.05) is 47.5 Å². The first-order valence-electron chi connectivity index (χ1n) is 7.96. The fraction of sp³-hybridized carbons (Fsp3) is 0.100. The van der Waals surface area contributed by atoms with Gasteiger partial charge in [0.05, 0.1) is 15.6 Å². The molecular formula is C20H16Cl2N2O2. The van der Waals surface area contributed by atoms with Gasteiger partial charge in [-0.2, -0.15) is 0 Å². The average Bonchev–Trinajstić information content (AvgIpc) is 2.68. The van der Waals surface area contributed by atoms with Crippen molar-refractivity contribution in [1.29, 1.82) is 0 Å². The summed E-state index contributed by atoms with van der Waals surface area (Å²) in [5.74, 6) is 0.483. The Morgan fingerprint density at radius 2 is 1.81 bits per heavy atom. The van der Waals surface area contributed by atoms with Crippen molar-refractivity contribution in [2.24, 2.45) is 0 Å². The molecule has 0 unspecified atom stereocenters. The molecule has 1 amide bonds. The Labute approximate surface area is 161 Å². The predicted molar refractivity (Wildman–Crippen MR) is 103 cm³/mol. The lowest BCUT2D eigenvalue weighted by molar-refractivity contribution is 0.0951. The topological polar surface area (TPSA) is 51.2 Å². The summed E-state index contributed by atoms with van der Waals surface area (Å²) in [6.45, 7) is 0.835. The van der Waals surface area contributed by atoms with Crippen LogP contribution in [0.25, 0.3) is 0 Å². The Kier molecular flexibility index (Phi) is 6.10. The molecule has 0 spiro atoms. The minimum atomic E-state index is -0.269. The van der Waals surface area contributed by atoms with E-state index in [0.717, 1.165) is 16.9 Å². The molecule has 0 saturated heterocycles. The third kappa shape index (κ3) is 4.75. The van der Waals surface area contributed by atoms with E-state index in [1.54, 1.807) is 30.6 Å². The number of amides is 1. The summed E-state index contributed by atoms with van der Waals surface area (Å²) in [4.78, 5) is 16.3. The molecule has 0 aliphatic carbocycles. The molecule has 0 aliphatic rings. The van der Waals surface area contributed by atoms with Crippen LogP contribution in [-0.2, 0) is 13.2 Å². The van der Waals surface area contributed by atoms with Gasteiger partial charge in [0, 0.05) is 24.5 Å². The molecule has 4 nitrogen and oxygen atoms in total. The van der Waals surface area contributed by atoms with Crippen molar-refractivity contribution in [2.75, 3.05) is 0 Å². The molecule has 3 aromatic rings. The van der Waals surface area contributed by atoms with Gasteiger partial charge in [-0.15, -0.1) is 0 Å². The summed E-state index contributed by atoms with van der Waals surface area (Å²) in [6, 6.07) is 16.3. The molecule has 0 radical (unpaired) electrons. The lowest BCUT2D eigenvalue weighted by Crippen LogP contribution is -2.23. The van der Waals surface area contributed by atoms with Crippen molar-refractivity contribution in [3.63, 3.8) is 0 Å². The van der Waals surface area contributed by atoms with Crippen molar-refractivity contribution < 1.29 is 9.53 Å². The van der Waals surface area contributed by atoms with Crippen LogP contribution in [0.15, 0.2) is 67.0 Å². The van der Waals surface area contributed by atoms with Gasteiger partial charge in [0.2, 0.25) is 0 Å². The van der Waals surface area contributed by atoms with Gasteiger partial charge in [-0.3, -0.25) is 9.78 Å². The van der Waals surface area contributed by atoms with Gasteiger partial charge in [-0.05, 0) is 35.9 Å². The molecule has 2 aromatic carbocycles. The van der Waals surface area contributed by atoms with Crippen LogP contribution in [-0.4, -0.2) is 10.9 Å². The summed E-state index contributed by atoms with van der Waals surface area (Å²) < 4.78 is 5.71. The molecule has 0 fully saturated rings. The van der Waals surface area contributed by atoms with Crippen molar-refractivity contribution in [1.82, 2.24) is 10.3 Å². The molecule has 1 heterocycles. The second-order valence-electron chi connectivity index (χ2n) is 5.58. The number of nitrogens with zero attached hydrogens (tertiary/aromatic N) is 1. The summed E-state index contributed by atoms with van der Waals surface area (Å²) in [5, 5.41) is 3.44. The molecule has 1 aromatic heterocycles. The standard InChI is InChI=1S/C20H16Cl2N2O2/c21-18-5-1-4-17(19(18)22)20(25)24-12-14-6-8-16(9-7-14)26-13-15-3-2-10-23-11-15/h1-11H,12-13H2,(H,24,25). The number of hydrogen-bond donors (Lipinski definition) is 1. The molecule has 0 aliphatic heterocycles. The molecule has 0 saturated carbocycles. The minimum Gasteiger partial charge on any atom is -0.489 e. The summed E-state index contributed by atoms with van der Waals surface area (Å²) in [6.07, 6.45) is 3.49. The van der Waals surface area contributed by atoms with E-state index < -0.39 is 0 Å². The summed E-state index contributed by atoms with van der Waals surface area (Å²) in [5.41, 5.74) is 2.31. The quantitative estimate of drug-likeness (QED) is 0.655. The second-order valence-corrected chi connectivity index (χ2v) is 6.36. The number of rotatable bonds is 6. The number of pyridine rings is 1. The Morgan fingerprint density at radius 3 is 2.54 bits per heavy atom. The fourth-order valence-electron chi connectivity index (χ4n) is 2.31. The highest BCUT2D eigenvalue weighted by Crippen LogP contribution is 2.25. The molecular weight excluding hydrogens is 371 g/mol.